The maximum absolute atomic E-state index is 12.1. The highest BCUT2D eigenvalue weighted by molar-refractivity contribution is 5.89. The average Bonchev–Trinajstić information content (AvgIpc) is 2.57. The lowest BCUT2D eigenvalue weighted by Gasteiger charge is -2.51. The van der Waals surface area contributed by atoms with Crippen molar-refractivity contribution in [3.8, 4) is 0 Å². The normalized spacial score (nSPS) is 18.8. The maximum atomic E-state index is 12.1. The minimum Gasteiger partial charge on any atom is -0.465 e. The quantitative estimate of drug-likeness (QED) is 0.742. The lowest BCUT2D eigenvalue weighted by Crippen LogP contribution is -2.59. The molecule has 0 aromatic heterocycles. The first kappa shape index (κ1) is 18.5. The molecule has 5 heteroatoms. The van der Waals surface area contributed by atoms with Crippen molar-refractivity contribution in [2.24, 2.45) is 5.41 Å². The Morgan fingerprint density at radius 2 is 1.77 bits per heavy atom. The molecule has 1 saturated heterocycles. The van der Waals surface area contributed by atoms with Gasteiger partial charge in [-0.1, -0.05) is 18.2 Å². The van der Waals surface area contributed by atoms with Crippen LogP contribution in [0.15, 0.2) is 30.3 Å². The van der Waals surface area contributed by atoms with Crippen molar-refractivity contribution in [2.45, 2.75) is 45.6 Å². The number of methoxy groups -OCH3 is 1. The number of esters is 1. The van der Waals surface area contributed by atoms with Gasteiger partial charge in [0.1, 0.15) is 5.60 Å². The summed E-state index contributed by atoms with van der Waals surface area (Å²) >= 11 is 0. The van der Waals surface area contributed by atoms with E-state index in [0.717, 1.165) is 37.9 Å². The third-order valence-electron chi connectivity index (χ3n) is 5.09. The zero-order chi connectivity index (χ0) is 18.9. The van der Waals surface area contributed by atoms with Crippen LogP contribution in [-0.4, -0.2) is 42.8 Å². The van der Waals surface area contributed by atoms with E-state index in [1.807, 2.05) is 32.9 Å². The molecule has 0 saturated carbocycles. The number of nitrogens with zero attached hydrogens (tertiary/aromatic N) is 1. The summed E-state index contributed by atoms with van der Waals surface area (Å²) in [5.74, 6) is -0.315. The SMILES string of the molecule is COC(=O)c1ccc(C2=CCC3(CC2)CN(C(=O)OC(C)(C)C)C3)cc1. The van der Waals surface area contributed by atoms with Crippen LogP contribution in [0.2, 0.25) is 0 Å². The van der Waals surface area contributed by atoms with Gasteiger partial charge in [0.2, 0.25) is 0 Å². The van der Waals surface area contributed by atoms with Gasteiger partial charge in [0, 0.05) is 18.5 Å². The fourth-order valence-electron chi connectivity index (χ4n) is 3.65. The van der Waals surface area contributed by atoms with E-state index in [-0.39, 0.29) is 17.5 Å². The van der Waals surface area contributed by atoms with Gasteiger partial charge < -0.3 is 14.4 Å². The summed E-state index contributed by atoms with van der Waals surface area (Å²) in [7, 11) is 1.39. The van der Waals surface area contributed by atoms with Gasteiger partial charge in [-0.25, -0.2) is 9.59 Å². The van der Waals surface area contributed by atoms with Crippen LogP contribution in [0.25, 0.3) is 5.57 Å². The Morgan fingerprint density at radius 3 is 2.27 bits per heavy atom. The van der Waals surface area contributed by atoms with Crippen molar-refractivity contribution in [1.82, 2.24) is 4.90 Å². The predicted molar refractivity (Wildman–Crippen MR) is 99.8 cm³/mol. The molecular weight excluding hydrogens is 330 g/mol. The van der Waals surface area contributed by atoms with Crippen molar-refractivity contribution in [3.63, 3.8) is 0 Å². The second kappa shape index (κ2) is 6.78. The van der Waals surface area contributed by atoms with Crippen LogP contribution in [0.1, 0.15) is 56.0 Å². The van der Waals surface area contributed by atoms with Crippen molar-refractivity contribution in [1.29, 1.82) is 0 Å². The molecule has 2 aliphatic rings. The second-order valence-corrected chi connectivity index (χ2v) is 8.34. The van der Waals surface area contributed by atoms with Crippen LogP contribution >= 0.6 is 0 Å². The molecule has 1 fully saturated rings. The average molecular weight is 357 g/mol. The molecule has 3 rings (SSSR count). The molecule has 0 radical (unpaired) electrons. The van der Waals surface area contributed by atoms with E-state index >= 15 is 0 Å². The third-order valence-corrected chi connectivity index (χ3v) is 5.09. The molecule has 0 atom stereocenters. The van der Waals surface area contributed by atoms with E-state index in [2.05, 4.69) is 6.08 Å². The fraction of sp³-hybridized carbons (Fsp3) is 0.524. The molecule has 1 heterocycles. The molecule has 1 aromatic carbocycles. The van der Waals surface area contributed by atoms with Crippen molar-refractivity contribution in [2.75, 3.05) is 20.2 Å². The third kappa shape index (κ3) is 3.92. The van der Waals surface area contributed by atoms with E-state index in [1.165, 1.54) is 12.7 Å². The van der Waals surface area contributed by atoms with E-state index in [9.17, 15) is 9.59 Å². The lowest BCUT2D eigenvalue weighted by molar-refractivity contribution is -0.0371. The number of rotatable bonds is 2. The first-order valence-electron chi connectivity index (χ1n) is 9.07. The zero-order valence-corrected chi connectivity index (χ0v) is 16.0. The topological polar surface area (TPSA) is 55.8 Å². The molecule has 0 bridgehead atoms. The van der Waals surface area contributed by atoms with Crippen molar-refractivity contribution >= 4 is 17.6 Å². The number of allylic oxidation sites excluding steroid dienone is 2. The molecule has 1 aromatic rings. The Bertz CT molecular complexity index is 721. The van der Waals surface area contributed by atoms with Crippen LogP contribution in [0.4, 0.5) is 4.79 Å². The summed E-state index contributed by atoms with van der Waals surface area (Å²) in [5, 5.41) is 0. The van der Waals surface area contributed by atoms with E-state index in [0.29, 0.717) is 5.56 Å². The minimum absolute atomic E-state index is 0.201. The number of amides is 1. The largest absolute Gasteiger partial charge is 0.465 e. The molecule has 140 valence electrons. The van der Waals surface area contributed by atoms with E-state index in [4.69, 9.17) is 9.47 Å². The van der Waals surface area contributed by atoms with Crippen LogP contribution in [0, 0.1) is 5.41 Å². The Kier molecular flexibility index (Phi) is 4.82. The standard InChI is InChI=1S/C21H27NO4/c1-20(2,3)26-19(24)22-13-21(14-22)11-9-16(10-12-21)15-5-7-17(8-6-15)18(23)25-4/h5-9H,10-14H2,1-4H3. The molecule has 1 aliphatic heterocycles. The monoisotopic (exact) mass is 357 g/mol. The smallest absolute Gasteiger partial charge is 0.410 e. The van der Waals surface area contributed by atoms with Crippen LogP contribution in [0.5, 0.6) is 0 Å². The highest BCUT2D eigenvalue weighted by atomic mass is 16.6. The number of hydrogen-bond donors (Lipinski definition) is 0. The van der Waals surface area contributed by atoms with Gasteiger partial charge in [0.25, 0.3) is 0 Å². The Morgan fingerprint density at radius 1 is 1.12 bits per heavy atom. The van der Waals surface area contributed by atoms with Gasteiger partial charge >= 0.3 is 12.1 Å². The lowest BCUT2D eigenvalue weighted by atomic mass is 9.69. The molecule has 0 N–H and O–H groups in total. The second-order valence-electron chi connectivity index (χ2n) is 8.34. The zero-order valence-electron chi connectivity index (χ0n) is 16.0. The molecular formula is C21H27NO4. The Balaban J connectivity index is 1.58. The van der Waals surface area contributed by atoms with Gasteiger partial charge in [0.05, 0.1) is 12.7 Å². The molecule has 26 heavy (non-hydrogen) atoms. The molecule has 1 amide bonds. The summed E-state index contributed by atoms with van der Waals surface area (Å²) in [6, 6.07) is 7.56. The van der Waals surface area contributed by atoms with Crippen LogP contribution in [0.3, 0.4) is 0 Å². The number of likely N-dealkylation sites (tertiary alicyclic amines) is 1. The summed E-state index contributed by atoms with van der Waals surface area (Å²) in [4.78, 5) is 25.4. The number of benzene rings is 1. The molecule has 1 aliphatic carbocycles. The van der Waals surface area contributed by atoms with Gasteiger partial charge in [-0.3, -0.25) is 0 Å². The number of carbonyl (C=O) groups excluding carboxylic acids is 2. The molecule has 1 spiro atoms. The highest BCUT2D eigenvalue weighted by Gasteiger charge is 2.46. The van der Waals surface area contributed by atoms with Gasteiger partial charge in [-0.15, -0.1) is 0 Å². The Labute approximate surface area is 155 Å². The molecule has 0 unspecified atom stereocenters. The fourth-order valence-corrected chi connectivity index (χ4v) is 3.65. The summed E-state index contributed by atoms with van der Waals surface area (Å²) in [6.07, 6.45) is 5.09. The Hall–Kier alpha value is -2.30. The number of hydrogen-bond acceptors (Lipinski definition) is 4. The van der Waals surface area contributed by atoms with Crippen LogP contribution < -0.4 is 0 Å². The summed E-state index contributed by atoms with van der Waals surface area (Å²) in [5.41, 5.74) is 2.78. The molecule has 5 nitrogen and oxygen atoms in total. The first-order chi connectivity index (χ1) is 12.2. The maximum Gasteiger partial charge on any atom is 0.410 e. The van der Waals surface area contributed by atoms with E-state index < -0.39 is 5.60 Å². The van der Waals surface area contributed by atoms with Crippen molar-refractivity contribution in [3.05, 3.63) is 41.5 Å². The van der Waals surface area contributed by atoms with Gasteiger partial charge in [0.15, 0.2) is 0 Å². The van der Waals surface area contributed by atoms with Crippen molar-refractivity contribution < 1.29 is 19.1 Å². The predicted octanol–water partition coefficient (Wildman–Crippen LogP) is 4.28. The first-order valence-corrected chi connectivity index (χ1v) is 9.07. The van der Waals surface area contributed by atoms with Gasteiger partial charge in [-0.2, -0.15) is 0 Å². The minimum atomic E-state index is -0.449. The number of ether oxygens (including phenoxy) is 2. The summed E-state index contributed by atoms with van der Waals surface area (Å²) in [6.45, 7) is 7.21. The van der Waals surface area contributed by atoms with Crippen LogP contribution in [-0.2, 0) is 9.47 Å². The summed E-state index contributed by atoms with van der Waals surface area (Å²) < 4.78 is 10.2. The number of carbonyl (C=O) groups is 2. The van der Waals surface area contributed by atoms with Gasteiger partial charge in [-0.05, 0) is 63.3 Å². The van der Waals surface area contributed by atoms with E-state index in [1.54, 1.807) is 17.0 Å². The highest BCUT2D eigenvalue weighted by Crippen LogP contribution is 2.45.